The molecule has 1 saturated heterocycles. The van der Waals surface area contributed by atoms with E-state index in [1.54, 1.807) is 7.11 Å². The van der Waals surface area contributed by atoms with Gasteiger partial charge in [0.1, 0.15) is 5.75 Å². The molecule has 4 rings (SSSR count). The quantitative estimate of drug-likeness (QED) is 0.763. The molecule has 3 fully saturated rings. The molecule has 1 aliphatic heterocycles. The van der Waals surface area contributed by atoms with Gasteiger partial charge in [-0.3, -0.25) is 4.79 Å². The third-order valence-corrected chi connectivity index (χ3v) is 8.76. The first-order chi connectivity index (χ1) is 14.2. The molecule has 0 aromatic heterocycles. The molecule has 30 heavy (non-hydrogen) atoms. The number of rotatable bonds is 5. The first kappa shape index (κ1) is 21.6. The number of fused-ring (bicyclic) bond motifs is 1. The van der Waals surface area contributed by atoms with E-state index in [2.05, 4.69) is 46.0 Å². The Labute approximate surface area is 180 Å². The number of nitrogens with one attached hydrogen (secondary N) is 1. The molecule has 1 unspecified atom stereocenters. The van der Waals surface area contributed by atoms with Gasteiger partial charge in [0.05, 0.1) is 19.8 Å². The van der Waals surface area contributed by atoms with Crippen molar-refractivity contribution in [2.24, 2.45) is 22.7 Å². The van der Waals surface area contributed by atoms with Crippen molar-refractivity contribution in [1.29, 1.82) is 0 Å². The van der Waals surface area contributed by atoms with E-state index in [0.29, 0.717) is 11.8 Å². The lowest BCUT2D eigenvalue weighted by Crippen LogP contribution is -2.59. The van der Waals surface area contributed by atoms with Gasteiger partial charge in [0, 0.05) is 19.1 Å². The summed E-state index contributed by atoms with van der Waals surface area (Å²) in [6.07, 6.45) is 3.52. The van der Waals surface area contributed by atoms with Crippen molar-refractivity contribution in [2.75, 3.05) is 20.3 Å². The summed E-state index contributed by atoms with van der Waals surface area (Å²) in [5, 5.41) is 12.6. The SMILES string of the molecule is COc1cc(C)c([C@H]2OCCC34C[C@@H](C[C@H]23)C(C)(C)[C@H]4NC(=O)CCO)c(C)c1C. The zero-order chi connectivity index (χ0) is 21.8. The summed E-state index contributed by atoms with van der Waals surface area (Å²) in [5.74, 6) is 1.87. The summed E-state index contributed by atoms with van der Waals surface area (Å²) in [4.78, 5) is 12.5. The summed E-state index contributed by atoms with van der Waals surface area (Å²) in [7, 11) is 1.73. The molecule has 1 aromatic rings. The highest BCUT2D eigenvalue weighted by Crippen LogP contribution is 2.70. The zero-order valence-corrected chi connectivity index (χ0v) is 19.3. The lowest BCUT2D eigenvalue weighted by molar-refractivity contribution is -0.137. The Morgan fingerprint density at radius 2 is 2.03 bits per heavy atom. The summed E-state index contributed by atoms with van der Waals surface area (Å²) < 4.78 is 12.1. The highest BCUT2D eigenvalue weighted by molar-refractivity contribution is 5.76. The van der Waals surface area contributed by atoms with E-state index in [9.17, 15) is 9.90 Å². The van der Waals surface area contributed by atoms with Crippen LogP contribution in [0.25, 0.3) is 0 Å². The number of amides is 1. The van der Waals surface area contributed by atoms with Gasteiger partial charge in [-0.05, 0) is 91.0 Å². The average Bonchev–Trinajstić information content (AvgIpc) is 3.18. The van der Waals surface area contributed by atoms with Crippen molar-refractivity contribution in [3.63, 3.8) is 0 Å². The molecular formula is C25H37NO4. The number of hydrogen-bond donors (Lipinski definition) is 2. The molecule has 5 nitrogen and oxygen atoms in total. The van der Waals surface area contributed by atoms with Crippen molar-refractivity contribution in [3.05, 3.63) is 28.3 Å². The standard InChI is InChI=1S/C25H37NO4/c1-14-11-19(29-6)15(2)16(3)21(14)22-18-12-17-13-25(18,8-10-30-22)23(24(17,4)5)26-20(28)7-9-27/h11,17-18,22-23,27H,7-10,12-13H2,1-6H3,(H,26,28)/t17-,18-,22+,23-,25?/m1/s1. The van der Waals surface area contributed by atoms with Crippen LogP contribution in [0, 0.1) is 43.4 Å². The van der Waals surface area contributed by atoms with Crippen LogP contribution in [0.1, 0.15) is 67.9 Å². The molecule has 2 aliphatic carbocycles. The van der Waals surface area contributed by atoms with Crippen LogP contribution in [0.4, 0.5) is 0 Å². The van der Waals surface area contributed by atoms with Crippen molar-refractivity contribution in [2.45, 2.75) is 72.4 Å². The number of carbonyl (C=O) groups is 1. The van der Waals surface area contributed by atoms with Gasteiger partial charge in [-0.25, -0.2) is 0 Å². The van der Waals surface area contributed by atoms with Gasteiger partial charge >= 0.3 is 0 Å². The first-order valence-corrected chi connectivity index (χ1v) is 11.3. The normalized spacial score (nSPS) is 34.0. The monoisotopic (exact) mass is 415 g/mol. The molecule has 5 heteroatoms. The van der Waals surface area contributed by atoms with Gasteiger partial charge in [0.2, 0.25) is 5.91 Å². The minimum Gasteiger partial charge on any atom is -0.496 e. The number of aliphatic hydroxyl groups is 1. The number of aliphatic hydroxyl groups excluding tert-OH is 1. The second-order valence-corrected chi connectivity index (χ2v) is 10.4. The number of hydrogen-bond acceptors (Lipinski definition) is 4. The predicted molar refractivity (Wildman–Crippen MR) is 117 cm³/mol. The molecule has 1 spiro atoms. The molecule has 166 valence electrons. The maximum atomic E-state index is 12.5. The third-order valence-electron chi connectivity index (χ3n) is 8.76. The Bertz CT molecular complexity index is 848. The average molecular weight is 416 g/mol. The third kappa shape index (κ3) is 3.00. The maximum absolute atomic E-state index is 12.5. The predicted octanol–water partition coefficient (Wildman–Crippen LogP) is 4.00. The summed E-state index contributed by atoms with van der Waals surface area (Å²) in [5.41, 5.74) is 5.09. The van der Waals surface area contributed by atoms with Crippen LogP contribution in [0.2, 0.25) is 0 Å². The lowest BCUT2D eigenvalue weighted by atomic mass is 9.58. The Morgan fingerprint density at radius 3 is 2.70 bits per heavy atom. The van der Waals surface area contributed by atoms with E-state index in [4.69, 9.17) is 9.47 Å². The smallest absolute Gasteiger partial charge is 0.222 e. The second kappa shape index (κ2) is 7.52. The van der Waals surface area contributed by atoms with Gasteiger partial charge < -0.3 is 19.9 Å². The highest BCUT2D eigenvalue weighted by atomic mass is 16.5. The summed E-state index contributed by atoms with van der Waals surface area (Å²) >= 11 is 0. The summed E-state index contributed by atoms with van der Waals surface area (Å²) in [6.45, 7) is 11.7. The zero-order valence-electron chi connectivity index (χ0n) is 19.3. The van der Waals surface area contributed by atoms with Crippen LogP contribution in [0.15, 0.2) is 6.07 Å². The van der Waals surface area contributed by atoms with Crippen LogP contribution in [0.5, 0.6) is 5.75 Å². The lowest BCUT2D eigenvalue weighted by Gasteiger charge is -2.53. The fraction of sp³-hybridized carbons (Fsp3) is 0.720. The molecule has 2 N–H and O–H groups in total. The fourth-order valence-corrected chi connectivity index (χ4v) is 7.12. The van der Waals surface area contributed by atoms with E-state index in [0.717, 1.165) is 31.6 Å². The molecular weight excluding hydrogens is 378 g/mol. The first-order valence-electron chi connectivity index (χ1n) is 11.3. The van der Waals surface area contributed by atoms with Gasteiger partial charge in [-0.1, -0.05) is 13.8 Å². The highest BCUT2D eigenvalue weighted by Gasteiger charge is 2.68. The largest absolute Gasteiger partial charge is 0.496 e. The van der Waals surface area contributed by atoms with Crippen LogP contribution in [-0.2, 0) is 9.53 Å². The van der Waals surface area contributed by atoms with Gasteiger partial charge in [-0.15, -0.1) is 0 Å². The number of methoxy groups -OCH3 is 1. The topological polar surface area (TPSA) is 67.8 Å². The van der Waals surface area contributed by atoms with Crippen molar-refractivity contribution >= 4 is 5.91 Å². The molecule has 1 amide bonds. The van der Waals surface area contributed by atoms with E-state index in [-0.39, 0.29) is 41.9 Å². The van der Waals surface area contributed by atoms with Crippen molar-refractivity contribution in [1.82, 2.24) is 5.32 Å². The Kier molecular flexibility index (Phi) is 5.43. The van der Waals surface area contributed by atoms with E-state index < -0.39 is 0 Å². The molecule has 0 radical (unpaired) electrons. The molecule has 2 bridgehead atoms. The van der Waals surface area contributed by atoms with Gasteiger partial charge in [0.15, 0.2) is 0 Å². The second-order valence-electron chi connectivity index (χ2n) is 10.4. The number of ether oxygens (including phenoxy) is 2. The molecule has 1 aromatic carbocycles. The molecule has 3 aliphatic rings. The molecule has 1 heterocycles. The van der Waals surface area contributed by atoms with Crippen LogP contribution >= 0.6 is 0 Å². The van der Waals surface area contributed by atoms with Gasteiger partial charge in [-0.2, -0.15) is 0 Å². The van der Waals surface area contributed by atoms with Crippen molar-refractivity contribution in [3.8, 4) is 5.75 Å². The minimum atomic E-state index is -0.103. The molecule has 5 atom stereocenters. The Balaban J connectivity index is 1.73. The van der Waals surface area contributed by atoms with E-state index in [1.165, 1.54) is 22.3 Å². The van der Waals surface area contributed by atoms with E-state index in [1.807, 2.05) is 0 Å². The molecule has 2 saturated carbocycles. The van der Waals surface area contributed by atoms with Crippen molar-refractivity contribution < 1.29 is 19.4 Å². The van der Waals surface area contributed by atoms with Crippen LogP contribution < -0.4 is 10.1 Å². The van der Waals surface area contributed by atoms with Gasteiger partial charge in [0.25, 0.3) is 0 Å². The van der Waals surface area contributed by atoms with Crippen LogP contribution in [0.3, 0.4) is 0 Å². The number of aryl methyl sites for hydroxylation is 1. The number of benzene rings is 1. The fourth-order valence-electron chi connectivity index (χ4n) is 7.12. The van der Waals surface area contributed by atoms with E-state index >= 15 is 0 Å². The Morgan fingerprint density at radius 1 is 1.30 bits per heavy atom. The van der Waals surface area contributed by atoms with Crippen LogP contribution in [-0.4, -0.2) is 37.4 Å². The summed E-state index contributed by atoms with van der Waals surface area (Å²) in [6, 6.07) is 2.26. The Hall–Kier alpha value is -1.59. The number of carbonyl (C=O) groups excluding carboxylic acids is 1. The minimum absolute atomic E-state index is 0.0352. The maximum Gasteiger partial charge on any atom is 0.222 e.